The van der Waals surface area contributed by atoms with Crippen LogP contribution in [0.25, 0.3) is 0 Å². The van der Waals surface area contributed by atoms with Crippen molar-refractivity contribution in [3.63, 3.8) is 0 Å². The number of para-hydroxylation sites is 1. The van der Waals surface area contributed by atoms with Crippen LogP contribution >= 0.6 is 23.2 Å². The Bertz CT molecular complexity index is 576. The average Bonchev–Trinajstić information content (AvgIpc) is 2.53. The van der Waals surface area contributed by atoms with Gasteiger partial charge < -0.3 is 14.7 Å². The monoisotopic (exact) mass is 388 g/mol. The van der Waals surface area contributed by atoms with Gasteiger partial charge in [0.1, 0.15) is 12.7 Å². The quantitative estimate of drug-likeness (QED) is 0.842. The zero-order chi connectivity index (χ0) is 18.6. The molecule has 1 N–H and O–H groups in total. The maximum atomic E-state index is 12.3. The summed E-state index contributed by atoms with van der Waals surface area (Å²) in [6.07, 6.45) is -0.655. The fourth-order valence-electron chi connectivity index (χ4n) is 2.76. The van der Waals surface area contributed by atoms with Crippen LogP contribution in [0.2, 0.25) is 10.0 Å². The number of aliphatic hydroxyl groups excluding tert-OH is 1. The molecule has 1 unspecified atom stereocenters. The van der Waals surface area contributed by atoms with Gasteiger partial charge in [0, 0.05) is 38.1 Å². The van der Waals surface area contributed by atoms with Crippen molar-refractivity contribution < 1.29 is 14.6 Å². The van der Waals surface area contributed by atoms with Gasteiger partial charge >= 0.3 is 0 Å². The Kier molecular flexibility index (Phi) is 6.97. The van der Waals surface area contributed by atoms with Crippen molar-refractivity contribution in [1.29, 1.82) is 0 Å². The Labute approximate surface area is 159 Å². The second kappa shape index (κ2) is 8.58. The molecular formula is C18H26Cl2N2O3. The van der Waals surface area contributed by atoms with Crippen molar-refractivity contribution in [2.24, 2.45) is 5.41 Å². The number of hydrogen-bond acceptors (Lipinski definition) is 4. The van der Waals surface area contributed by atoms with Gasteiger partial charge in [-0.15, -0.1) is 0 Å². The lowest BCUT2D eigenvalue weighted by Gasteiger charge is -2.38. The summed E-state index contributed by atoms with van der Waals surface area (Å²) in [6, 6.07) is 5.13. The first-order valence-corrected chi connectivity index (χ1v) is 9.20. The summed E-state index contributed by atoms with van der Waals surface area (Å²) < 4.78 is 5.57. The molecule has 25 heavy (non-hydrogen) atoms. The number of rotatable bonds is 5. The predicted molar refractivity (Wildman–Crippen MR) is 100 cm³/mol. The van der Waals surface area contributed by atoms with E-state index in [4.69, 9.17) is 27.9 Å². The molecule has 0 bridgehead atoms. The Hall–Kier alpha value is -1.01. The third-order valence-corrected chi connectivity index (χ3v) is 4.70. The molecule has 1 amide bonds. The number of carbonyl (C=O) groups excluding carboxylic acids is 1. The Morgan fingerprint density at radius 1 is 1.20 bits per heavy atom. The fourth-order valence-corrected chi connectivity index (χ4v) is 3.27. The number of piperazine rings is 1. The zero-order valence-corrected chi connectivity index (χ0v) is 16.5. The van der Waals surface area contributed by atoms with E-state index in [1.165, 1.54) is 0 Å². The van der Waals surface area contributed by atoms with E-state index in [1.807, 2.05) is 25.7 Å². The molecule has 1 aromatic rings. The average molecular weight is 389 g/mol. The largest absolute Gasteiger partial charge is 0.488 e. The van der Waals surface area contributed by atoms with Crippen molar-refractivity contribution in [2.75, 3.05) is 39.3 Å². The standard InChI is InChI=1S/C18H26Cl2N2O3/c1-18(2,3)17(24)22-9-7-21(8-10-22)11-13(23)12-25-16-14(19)5-4-6-15(16)20/h4-6,13,23H,7-12H2,1-3H3. The van der Waals surface area contributed by atoms with Crippen LogP contribution in [-0.4, -0.2) is 66.2 Å². The van der Waals surface area contributed by atoms with Crippen LogP contribution in [0.5, 0.6) is 5.75 Å². The van der Waals surface area contributed by atoms with E-state index in [0.717, 1.165) is 13.1 Å². The van der Waals surface area contributed by atoms with Crippen LogP contribution in [0.1, 0.15) is 20.8 Å². The lowest BCUT2D eigenvalue weighted by Crippen LogP contribution is -2.53. The maximum absolute atomic E-state index is 12.3. The van der Waals surface area contributed by atoms with E-state index in [-0.39, 0.29) is 17.9 Å². The van der Waals surface area contributed by atoms with E-state index < -0.39 is 6.10 Å². The van der Waals surface area contributed by atoms with Gasteiger partial charge in [-0.3, -0.25) is 9.69 Å². The van der Waals surface area contributed by atoms with Gasteiger partial charge in [-0.1, -0.05) is 50.0 Å². The molecule has 1 fully saturated rings. The maximum Gasteiger partial charge on any atom is 0.228 e. The fraction of sp³-hybridized carbons (Fsp3) is 0.611. The number of β-amino-alcohol motifs (C(OH)–C–C–N with tert-alkyl or cyclic N) is 1. The number of ether oxygens (including phenoxy) is 1. The lowest BCUT2D eigenvalue weighted by atomic mass is 9.94. The first-order valence-electron chi connectivity index (χ1n) is 8.45. The molecule has 1 aliphatic rings. The summed E-state index contributed by atoms with van der Waals surface area (Å²) in [5, 5.41) is 11.1. The van der Waals surface area contributed by atoms with Crippen LogP contribution < -0.4 is 4.74 Å². The first-order chi connectivity index (χ1) is 11.7. The molecule has 0 spiro atoms. The van der Waals surface area contributed by atoms with E-state index >= 15 is 0 Å². The molecule has 0 saturated carbocycles. The molecule has 1 aromatic carbocycles. The second-order valence-corrected chi connectivity index (χ2v) is 8.17. The summed E-state index contributed by atoms with van der Waals surface area (Å²) in [6.45, 7) is 9.25. The van der Waals surface area contributed by atoms with Crippen LogP contribution in [0, 0.1) is 5.41 Å². The van der Waals surface area contributed by atoms with Gasteiger partial charge in [0.05, 0.1) is 10.0 Å². The topological polar surface area (TPSA) is 53.0 Å². The van der Waals surface area contributed by atoms with Crippen molar-refractivity contribution >= 4 is 29.1 Å². The number of hydrogen-bond donors (Lipinski definition) is 1. The predicted octanol–water partition coefficient (Wildman–Crippen LogP) is 2.92. The van der Waals surface area contributed by atoms with Gasteiger partial charge in [-0.2, -0.15) is 0 Å². The summed E-state index contributed by atoms with van der Waals surface area (Å²) in [4.78, 5) is 16.3. The number of aliphatic hydroxyl groups is 1. The normalized spacial score (nSPS) is 17.4. The molecule has 140 valence electrons. The van der Waals surface area contributed by atoms with Gasteiger partial charge in [-0.25, -0.2) is 0 Å². The highest BCUT2D eigenvalue weighted by molar-refractivity contribution is 6.37. The molecule has 0 aromatic heterocycles. The molecule has 0 aliphatic carbocycles. The molecule has 2 rings (SSSR count). The summed E-state index contributed by atoms with van der Waals surface area (Å²) in [5.41, 5.74) is -0.357. The van der Waals surface area contributed by atoms with Gasteiger partial charge in [0.15, 0.2) is 5.75 Å². The van der Waals surface area contributed by atoms with Crippen LogP contribution in [0.4, 0.5) is 0 Å². The van der Waals surface area contributed by atoms with Crippen molar-refractivity contribution in [3.05, 3.63) is 28.2 Å². The Morgan fingerprint density at radius 2 is 1.76 bits per heavy atom. The molecule has 0 radical (unpaired) electrons. The molecule has 1 saturated heterocycles. The summed E-state index contributed by atoms with van der Waals surface area (Å²) in [7, 11) is 0. The SMILES string of the molecule is CC(C)(C)C(=O)N1CCN(CC(O)COc2c(Cl)cccc2Cl)CC1. The van der Waals surface area contributed by atoms with Crippen molar-refractivity contribution in [1.82, 2.24) is 9.80 Å². The minimum absolute atomic E-state index is 0.116. The highest BCUT2D eigenvalue weighted by Crippen LogP contribution is 2.32. The molecule has 1 heterocycles. The van der Waals surface area contributed by atoms with Crippen molar-refractivity contribution in [3.8, 4) is 5.75 Å². The molecular weight excluding hydrogens is 363 g/mol. The van der Waals surface area contributed by atoms with E-state index in [2.05, 4.69) is 4.90 Å². The molecule has 1 aliphatic heterocycles. The highest BCUT2D eigenvalue weighted by Gasteiger charge is 2.30. The van der Waals surface area contributed by atoms with E-state index in [0.29, 0.717) is 35.4 Å². The third-order valence-electron chi connectivity index (χ3n) is 4.11. The van der Waals surface area contributed by atoms with Gasteiger partial charge in [-0.05, 0) is 12.1 Å². The van der Waals surface area contributed by atoms with Crippen LogP contribution in [0.15, 0.2) is 18.2 Å². The lowest BCUT2D eigenvalue weighted by molar-refractivity contribution is -0.141. The molecule has 5 nitrogen and oxygen atoms in total. The first kappa shape index (κ1) is 20.3. The smallest absolute Gasteiger partial charge is 0.228 e. The zero-order valence-electron chi connectivity index (χ0n) is 15.0. The number of carbonyl (C=O) groups is 1. The minimum Gasteiger partial charge on any atom is -0.488 e. The Balaban J connectivity index is 1.77. The highest BCUT2D eigenvalue weighted by atomic mass is 35.5. The van der Waals surface area contributed by atoms with E-state index in [9.17, 15) is 9.90 Å². The number of nitrogens with zero attached hydrogens (tertiary/aromatic N) is 2. The minimum atomic E-state index is -0.655. The van der Waals surface area contributed by atoms with Crippen LogP contribution in [0.3, 0.4) is 0 Å². The molecule has 7 heteroatoms. The summed E-state index contributed by atoms with van der Waals surface area (Å²) in [5.74, 6) is 0.565. The molecule has 1 atom stereocenters. The Morgan fingerprint density at radius 3 is 2.28 bits per heavy atom. The van der Waals surface area contributed by atoms with Crippen LogP contribution in [-0.2, 0) is 4.79 Å². The number of amides is 1. The summed E-state index contributed by atoms with van der Waals surface area (Å²) >= 11 is 12.1. The second-order valence-electron chi connectivity index (χ2n) is 7.36. The number of halogens is 2. The van der Waals surface area contributed by atoms with Crippen molar-refractivity contribution in [2.45, 2.75) is 26.9 Å². The van der Waals surface area contributed by atoms with E-state index in [1.54, 1.807) is 18.2 Å². The number of benzene rings is 1. The van der Waals surface area contributed by atoms with Gasteiger partial charge in [0.2, 0.25) is 5.91 Å². The van der Waals surface area contributed by atoms with Gasteiger partial charge in [0.25, 0.3) is 0 Å². The third kappa shape index (κ3) is 5.74.